The predicted octanol–water partition coefficient (Wildman–Crippen LogP) is 2.68. The number of methoxy groups -OCH3 is 3. The lowest BCUT2D eigenvalue weighted by Gasteiger charge is -2.34. The van der Waals surface area contributed by atoms with Crippen molar-refractivity contribution >= 4 is 18.0 Å². The molecule has 0 saturated carbocycles. The minimum atomic E-state index is -0.923. The van der Waals surface area contributed by atoms with Crippen LogP contribution in [0.2, 0.25) is 0 Å². The summed E-state index contributed by atoms with van der Waals surface area (Å²) in [6.07, 6.45) is 2.77. The molecule has 198 valence electrons. The number of aliphatic carboxylic acids is 1. The number of carboxylic acids is 1. The van der Waals surface area contributed by atoms with E-state index < -0.39 is 29.7 Å². The zero-order valence-electron chi connectivity index (χ0n) is 22.0. The van der Waals surface area contributed by atoms with Crippen LogP contribution in [0.3, 0.4) is 0 Å². The van der Waals surface area contributed by atoms with Gasteiger partial charge in [0, 0.05) is 26.8 Å². The van der Waals surface area contributed by atoms with Crippen LogP contribution in [0, 0.1) is 11.8 Å². The number of nitrogens with zero attached hydrogens (tertiary/aromatic N) is 1. The van der Waals surface area contributed by atoms with E-state index in [-0.39, 0.29) is 30.1 Å². The molecule has 0 aromatic heterocycles. The average molecular weight is 489 g/mol. The van der Waals surface area contributed by atoms with Crippen LogP contribution in [0.5, 0.6) is 0 Å². The molecule has 0 spiro atoms. The maximum absolute atomic E-state index is 12.2. The Labute approximate surface area is 203 Å². The summed E-state index contributed by atoms with van der Waals surface area (Å²) in [5.74, 6) is -2.01. The molecular formula is C24H44N2O8. The monoisotopic (exact) mass is 488 g/mol. The number of esters is 1. The van der Waals surface area contributed by atoms with Crippen molar-refractivity contribution in [2.75, 3.05) is 34.4 Å². The summed E-state index contributed by atoms with van der Waals surface area (Å²) in [4.78, 5) is 36.3. The zero-order chi connectivity index (χ0) is 26.1. The Balaban J connectivity index is 0.000000362. The molecule has 0 bridgehead atoms. The summed E-state index contributed by atoms with van der Waals surface area (Å²) in [6, 6.07) is 0.0371. The maximum Gasteiger partial charge on any atom is 0.410 e. The quantitative estimate of drug-likeness (QED) is 0.496. The molecule has 1 amide bonds. The van der Waals surface area contributed by atoms with Crippen molar-refractivity contribution in [1.29, 1.82) is 0 Å². The van der Waals surface area contributed by atoms with Crippen LogP contribution in [0.25, 0.3) is 0 Å². The Bertz CT molecular complexity index is 660. The molecule has 2 aliphatic rings. The first kappa shape index (κ1) is 30.1. The van der Waals surface area contributed by atoms with E-state index in [1.807, 2.05) is 27.7 Å². The summed E-state index contributed by atoms with van der Waals surface area (Å²) >= 11 is 0. The third-order valence-corrected chi connectivity index (χ3v) is 6.29. The van der Waals surface area contributed by atoms with Crippen molar-refractivity contribution in [2.45, 2.75) is 90.2 Å². The number of hydrogen-bond acceptors (Lipinski definition) is 8. The van der Waals surface area contributed by atoms with Gasteiger partial charge in [0.15, 0.2) is 0 Å². The molecule has 0 aromatic rings. The van der Waals surface area contributed by atoms with Crippen molar-refractivity contribution in [3.8, 4) is 0 Å². The van der Waals surface area contributed by atoms with E-state index in [9.17, 15) is 14.4 Å². The molecule has 0 aliphatic carbocycles. The topological polar surface area (TPSA) is 124 Å². The number of rotatable bonds is 8. The number of amides is 1. The fourth-order valence-electron chi connectivity index (χ4n) is 4.55. The predicted molar refractivity (Wildman–Crippen MR) is 127 cm³/mol. The molecule has 10 heteroatoms. The van der Waals surface area contributed by atoms with Gasteiger partial charge in [-0.25, -0.2) is 4.79 Å². The first-order chi connectivity index (χ1) is 15.9. The third kappa shape index (κ3) is 8.70. The number of nitrogens with one attached hydrogen (secondary N) is 1. The van der Waals surface area contributed by atoms with Gasteiger partial charge in [0.2, 0.25) is 0 Å². The SMILES string of the molecule is COC(=O)[C@H](C)[C@@H](OC)[C@@H]1CCCN1.CO[C@H]([C@@H](C)C(=O)O)[C@@H]1CCCN1C(=O)OC(C)(C)C. The highest BCUT2D eigenvalue weighted by Gasteiger charge is 2.41. The molecule has 2 rings (SSSR count). The lowest BCUT2D eigenvalue weighted by molar-refractivity contribution is -0.150. The molecule has 0 radical (unpaired) electrons. The second kappa shape index (κ2) is 13.8. The van der Waals surface area contributed by atoms with E-state index in [2.05, 4.69) is 5.32 Å². The van der Waals surface area contributed by atoms with Crippen molar-refractivity contribution in [3.05, 3.63) is 0 Å². The van der Waals surface area contributed by atoms with Gasteiger partial charge in [-0.05, 0) is 66.8 Å². The van der Waals surface area contributed by atoms with Gasteiger partial charge >= 0.3 is 18.0 Å². The minimum absolute atomic E-state index is 0.0788. The molecule has 10 nitrogen and oxygen atoms in total. The molecular weight excluding hydrogens is 444 g/mol. The Morgan fingerprint density at radius 3 is 2.03 bits per heavy atom. The molecule has 2 fully saturated rings. The van der Waals surface area contributed by atoms with Crippen molar-refractivity contribution in [2.24, 2.45) is 11.8 Å². The van der Waals surface area contributed by atoms with Crippen molar-refractivity contribution < 1.29 is 38.4 Å². The summed E-state index contributed by atoms with van der Waals surface area (Å²) in [5, 5.41) is 12.5. The molecule has 2 heterocycles. The van der Waals surface area contributed by atoms with Crippen molar-refractivity contribution in [3.63, 3.8) is 0 Å². The van der Waals surface area contributed by atoms with Crippen LogP contribution in [-0.4, -0.2) is 92.3 Å². The molecule has 6 atom stereocenters. The number of ether oxygens (including phenoxy) is 4. The van der Waals surface area contributed by atoms with Gasteiger partial charge in [0.1, 0.15) is 5.60 Å². The van der Waals surface area contributed by atoms with Crippen LogP contribution < -0.4 is 5.32 Å². The van der Waals surface area contributed by atoms with Crippen molar-refractivity contribution in [1.82, 2.24) is 10.2 Å². The smallest absolute Gasteiger partial charge is 0.410 e. The van der Waals surface area contributed by atoms with E-state index in [0.717, 1.165) is 32.2 Å². The zero-order valence-corrected chi connectivity index (χ0v) is 22.0. The molecule has 0 unspecified atom stereocenters. The first-order valence-electron chi connectivity index (χ1n) is 12.0. The van der Waals surface area contributed by atoms with Gasteiger partial charge in [-0.1, -0.05) is 0 Å². The average Bonchev–Trinajstić information content (AvgIpc) is 3.46. The number of carboxylic acid groups (broad SMARTS) is 1. The van der Waals surface area contributed by atoms with Crippen LogP contribution in [-0.2, 0) is 28.5 Å². The highest BCUT2D eigenvalue weighted by atomic mass is 16.6. The Hall–Kier alpha value is -1.91. The summed E-state index contributed by atoms with van der Waals surface area (Å²) in [5.41, 5.74) is -0.564. The summed E-state index contributed by atoms with van der Waals surface area (Å²) < 4.78 is 20.8. The first-order valence-corrected chi connectivity index (χ1v) is 12.0. The van der Waals surface area contributed by atoms with Gasteiger partial charge < -0.3 is 34.3 Å². The van der Waals surface area contributed by atoms with Crippen LogP contribution >= 0.6 is 0 Å². The lowest BCUT2D eigenvalue weighted by atomic mass is 9.96. The Morgan fingerprint density at radius 1 is 0.971 bits per heavy atom. The molecule has 2 aliphatic heterocycles. The second-order valence-electron chi connectivity index (χ2n) is 9.93. The minimum Gasteiger partial charge on any atom is -0.481 e. The number of likely N-dealkylation sites (tertiary alicyclic amines) is 1. The third-order valence-electron chi connectivity index (χ3n) is 6.29. The number of carbonyl (C=O) groups is 3. The van der Waals surface area contributed by atoms with E-state index >= 15 is 0 Å². The molecule has 2 saturated heterocycles. The number of hydrogen-bond donors (Lipinski definition) is 2. The highest BCUT2D eigenvalue weighted by molar-refractivity contribution is 5.73. The molecule has 34 heavy (non-hydrogen) atoms. The van der Waals surface area contributed by atoms with Gasteiger partial charge in [0.25, 0.3) is 0 Å². The van der Waals surface area contributed by atoms with Crippen LogP contribution in [0.15, 0.2) is 0 Å². The van der Waals surface area contributed by atoms with Gasteiger partial charge in [-0.15, -0.1) is 0 Å². The van der Waals surface area contributed by atoms with Crippen LogP contribution in [0.4, 0.5) is 4.79 Å². The summed E-state index contributed by atoms with van der Waals surface area (Å²) in [6.45, 7) is 10.5. The van der Waals surface area contributed by atoms with E-state index in [0.29, 0.717) is 6.54 Å². The molecule has 2 N–H and O–H groups in total. The number of carbonyl (C=O) groups excluding carboxylic acids is 2. The van der Waals surface area contributed by atoms with Gasteiger partial charge in [0.05, 0.1) is 37.2 Å². The van der Waals surface area contributed by atoms with E-state index in [1.165, 1.54) is 14.2 Å². The van der Waals surface area contributed by atoms with Gasteiger partial charge in [-0.3, -0.25) is 9.59 Å². The second-order valence-corrected chi connectivity index (χ2v) is 9.93. The molecule has 0 aromatic carbocycles. The lowest BCUT2D eigenvalue weighted by Crippen LogP contribution is -2.49. The summed E-state index contributed by atoms with van der Waals surface area (Å²) in [7, 11) is 4.54. The van der Waals surface area contributed by atoms with E-state index in [1.54, 1.807) is 18.9 Å². The largest absolute Gasteiger partial charge is 0.481 e. The van der Waals surface area contributed by atoms with E-state index in [4.69, 9.17) is 24.1 Å². The Kier molecular flexibility index (Phi) is 12.3. The Morgan fingerprint density at radius 2 is 1.59 bits per heavy atom. The standard InChI is InChI=1S/C14H25NO5.C10H19NO3/c1-9(12(16)17)11(19-5)10-7-6-8-15(10)13(18)20-14(2,3)4;1-7(10(12)14-3)9(13-2)8-5-4-6-11-8/h9-11H,6-8H2,1-5H3,(H,16,17);7-9,11H,4-6H2,1-3H3/t9-,10+,11-;7-,8+,9-/m11/s1. The van der Waals surface area contributed by atoms with Gasteiger partial charge in [-0.2, -0.15) is 0 Å². The fourth-order valence-corrected chi connectivity index (χ4v) is 4.55. The fraction of sp³-hybridized carbons (Fsp3) is 0.875. The maximum atomic E-state index is 12.2. The van der Waals surface area contributed by atoms with Crippen LogP contribution in [0.1, 0.15) is 60.3 Å². The highest BCUT2D eigenvalue weighted by Crippen LogP contribution is 2.28. The normalized spacial score (nSPS) is 23.8.